The maximum absolute atomic E-state index is 11.3. The van der Waals surface area contributed by atoms with Gasteiger partial charge in [-0.3, -0.25) is 9.59 Å². The number of hydrogen-bond acceptors (Lipinski definition) is 3. The molecule has 5 heteroatoms. The molecule has 1 heterocycles. The third kappa shape index (κ3) is 2.70. The van der Waals surface area contributed by atoms with Crippen molar-refractivity contribution in [1.29, 1.82) is 0 Å². The molecule has 0 bridgehead atoms. The molecule has 80 valence electrons. The molecule has 1 aliphatic rings. The first-order chi connectivity index (χ1) is 6.50. The van der Waals surface area contributed by atoms with Crippen LogP contribution in [0.2, 0.25) is 0 Å². The molecule has 0 aromatic heterocycles. The van der Waals surface area contributed by atoms with E-state index in [4.69, 9.17) is 11.5 Å². The van der Waals surface area contributed by atoms with Crippen LogP contribution in [0.1, 0.15) is 19.8 Å². The highest BCUT2D eigenvalue weighted by atomic mass is 16.2. The van der Waals surface area contributed by atoms with Gasteiger partial charge in [-0.15, -0.1) is 0 Å². The third-order valence-electron chi connectivity index (χ3n) is 2.48. The van der Waals surface area contributed by atoms with Gasteiger partial charge in [-0.2, -0.15) is 0 Å². The van der Waals surface area contributed by atoms with Crippen LogP contribution in [-0.4, -0.2) is 35.8 Å². The number of nitrogens with zero attached hydrogens (tertiary/aromatic N) is 1. The van der Waals surface area contributed by atoms with Gasteiger partial charge in [0.25, 0.3) is 0 Å². The zero-order chi connectivity index (χ0) is 10.7. The van der Waals surface area contributed by atoms with Crippen molar-refractivity contribution in [1.82, 2.24) is 4.90 Å². The third-order valence-corrected chi connectivity index (χ3v) is 2.48. The molecule has 2 atom stereocenters. The van der Waals surface area contributed by atoms with E-state index in [0.29, 0.717) is 25.3 Å². The number of primary amides is 1. The molecular weight excluding hydrogens is 182 g/mol. The van der Waals surface area contributed by atoms with Crippen molar-refractivity contribution in [3.8, 4) is 0 Å². The second-order valence-electron chi connectivity index (χ2n) is 3.95. The van der Waals surface area contributed by atoms with Crippen LogP contribution in [0.4, 0.5) is 0 Å². The molecular formula is C9H17N3O2. The lowest BCUT2D eigenvalue weighted by Crippen LogP contribution is -2.40. The molecule has 0 radical (unpaired) electrons. The quantitative estimate of drug-likeness (QED) is 0.612. The molecule has 2 unspecified atom stereocenters. The Balaban J connectivity index is 2.31. The summed E-state index contributed by atoms with van der Waals surface area (Å²) in [6.45, 7) is 3.34. The second-order valence-corrected chi connectivity index (χ2v) is 3.95. The van der Waals surface area contributed by atoms with Crippen LogP contribution < -0.4 is 11.5 Å². The van der Waals surface area contributed by atoms with Crippen molar-refractivity contribution in [2.75, 3.05) is 13.1 Å². The summed E-state index contributed by atoms with van der Waals surface area (Å²) in [7, 11) is 0. The van der Waals surface area contributed by atoms with Crippen molar-refractivity contribution in [3.63, 3.8) is 0 Å². The predicted octanol–water partition coefficient (Wildman–Crippen LogP) is -0.942. The molecule has 1 saturated heterocycles. The van der Waals surface area contributed by atoms with E-state index < -0.39 is 11.9 Å². The van der Waals surface area contributed by atoms with Gasteiger partial charge in [-0.1, -0.05) is 6.92 Å². The Morgan fingerprint density at radius 3 is 2.79 bits per heavy atom. The zero-order valence-corrected chi connectivity index (χ0v) is 8.40. The van der Waals surface area contributed by atoms with Crippen LogP contribution in [0.5, 0.6) is 0 Å². The van der Waals surface area contributed by atoms with Gasteiger partial charge < -0.3 is 16.4 Å². The van der Waals surface area contributed by atoms with Gasteiger partial charge in [0, 0.05) is 19.5 Å². The normalized spacial score (nSPS) is 24.0. The largest absolute Gasteiger partial charge is 0.368 e. The number of hydrogen-bond donors (Lipinski definition) is 2. The molecule has 5 nitrogen and oxygen atoms in total. The van der Waals surface area contributed by atoms with Gasteiger partial charge in [-0.25, -0.2) is 0 Å². The van der Waals surface area contributed by atoms with Gasteiger partial charge in [0.2, 0.25) is 11.8 Å². The fourth-order valence-electron chi connectivity index (χ4n) is 1.62. The Morgan fingerprint density at radius 1 is 1.71 bits per heavy atom. The van der Waals surface area contributed by atoms with Crippen molar-refractivity contribution in [2.45, 2.75) is 25.8 Å². The molecule has 2 amide bonds. The first-order valence-corrected chi connectivity index (χ1v) is 4.83. The number of amides is 2. The Kier molecular flexibility index (Phi) is 3.46. The van der Waals surface area contributed by atoms with Crippen LogP contribution in [0.3, 0.4) is 0 Å². The van der Waals surface area contributed by atoms with E-state index in [1.165, 1.54) is 0 Å². The summed E-state index contributed by atoms with van der Waals surface area (Å²) in [4.78, 5) is 23.7. The highest BCUT2D eigenvalue weighted by Crippen LogP contribution is 2.16. The van der Waals surface area contributed by atoms with Gasteiger partial charge >= 0.3 is 0 Å². The standard InChI is InChI=1S/C9H17N3O2/c1-6-4-8(13)12(5-6)3-2-7(10)9(11)14/h6-7H,2-5,10H2,1H3,(H2,11,14). The summed E-state index contributed by atoms with van der Waals surface area (Å²) in [5.74, 6) is 0.0474. The molecule has 0 saturated carbocycles. The molecule has 1 fully saturated rings. The lowest BCUT2D eigenvalue weighted by atomic mass is 10.2. The van der Waals surface area contributed by atoms with Crippen molar-refractivity contribution in [2.24, 2.45) is 17.4 Å². The average molecular weight is 199 g/mol. The monoisotopic (exact) mass is 199 g/mol. The Bertz CT molecular complexity index is 242. The number of rotatable bonds is 4. The van der Waals surface area contributed by atoms with E-state index >= 15 is 0 Å². The van der Waals surface area contributed by atoms with E-state index in [-0.39, 0.29) is 5.91 Å². The molecule has 1 aliphatic heterocycles. The second kappa shape index (κ2) is 4.41. The molecule has 14 heavy (non-hydrogen) atoms. The topological polar surface area (TPSA) is 89.4 Å². The lowest BCUT2D eigenvalue weighted by molar-refractivity contribution is -0.128. The highest BCUT2D eigenvalue weighted by molar-refractivity contribution is 5.80. The van der Waals surface area contributed by atoms with Gasteiger partial charge in [0.05, 0.1) is 6.04 Å². The summed E-state index contributed by atoms with van der Waals surface area (Å²) in [5, 5.41) is 0. The van der Waals surface area contributed by atoms with Crippen LogP contribution in [0.15, 0.2) is 0 Å². The number of carbonyl (C=O) groups is 2. The number of carbonyl (C=O) groups excluding carboxylic acids is 2. The SMILES string of the molecule is CC1CC(=O)N(CCC(N)C(N)=O)C1. The summed E-state index contributed by atoms with van der Waals surface area (Å²) in [5.41, 5.74) is 10.5. The number of nitrogens with two attached hydrogens (primary N) is 2. The molecule has 0 aromatic rings. The predicted molar refractivity (Wildman–Crippen MR) is 52.1 cm³/mol. The summed E-state index contributed by atoms with van der Waals surface area (Å²) in [6.07, 6.45) is 1.06. The lowest BCUT2D eigenvalue weighted by Gasteiger charge is -2.17. The van der Waals surface area contributed by atoms with E-state index in [1.54, 1.807) is 4.90 Å². The summed E-state index contributed by atoms with van der Waals surface area (Å²) >= 11 is 0. The van der Waals surface area contributed by atoms with Crippen LogP contribution >= 0.6 is 0 Å². The average Bonchev–Trinajstić information content (AvgIpc) is 2.40. The minimum absolute atomic E-state index is 0.147. The minimum atomic E-state index is -0.640. The van der Waals surface area contributed by atoms with Crippen LogP contribution in [-0.2, 0) is 9.59 Å². The van der Waals surface area contributed by atoms with E-state index in [9.17, 15) is 9.59 Å². The Hall–Kier alpha value is -1.10. The van der Waals surface area contributed by atoms with Gasteiger partial charge in [-0.05, 0) is 12.3 Å². The van der Waals surface area contributed by atoms with Gasteiger partial charge in [0.1, 0.15) is 0 Å². The first-order valence-electron chi connectivity index (χ1n) is 4.83. The smallest absolute Gasteiger partial charge is 0.234 e. The molecule has 4 N–H and O–H groups in total. The van der Waals surface area contributed by atoms with Gasteiger partial charge in [0.15, 0.2) is 0 Å². The Morgan fingerprint density at radius 2 is 2.36 bits per heavy atom. The van der Waals surface area contributed by atoms with Crippen molar-refractivity contribution < 1.29 is 9.59 Å². The molecule has 1 rings (SSSR count). The molecule has 0 aliphatic carbocycles. The fourth-order valence-corrected chi connectivity index (χ4v) is 1.62. The van der Waals surface area contributed by atoms with Crippen molar-refractivity contribution >= 4 is 11.8 Å². The molecule has 0 aromatic carbocycles. The first kappa shape index (κ1) is 11.0. The minimum Gasteiger partial charge on any atom is -0.368 e. The van der Waals surface area contributed by atoms with Crippen LogP contribution in [0, 0.1) is 5.92 Å². The van der Waals surface area contributed by atoms with E-state index in [0.717, 1.165) is 6.54 Å². The fraction of sp³-hybridized carbons (Fsp3) is 0.778. The number of likely N-dealkylation sites (tertiary alicyclic amines) is 1. The summed E-state index contributed by atoms with van der Waals surface area (Å²) < 4.78 is 0. The Labute approximate surface area is 83.4 Å². The van der Waals surface area contributed by atoms with Crippen molar-refractivity contribution in [3.05, 3.63) is 0 Å². The maximum atomic E-state index is 11.3. The highest BCUT2D eigenvalue weighted by Gasteiger charge is 2.26. The van der Waals surface area contributed by atoms with Crippen LogP contribution in [0.25, 0.3) is 0 Å². The zero-order valence-electron chi connectivity index (χ0n) is 8.40. The molecule has 0 spiro atoms. The summed E-state index contributed by atoms with van der Waals surface area (Å²) in [6, 6.07) is -0.640. The van der Waals surface area contributed by atoms with E-state index in [1.807, 2.05) is 6.92 Å². The maximum Gasteiger partial charge on any atom is 0.234 e. The van der Waals surface area contributed by atoms with E-state index in [2.05, 4.69) is 0 Å².